The Balaban J connectivity index is 1.46. The molecule has 7 nitrogen and oxygen atoms in total. The van der Waals surface area contributed by atoms with Crippen LogP contribution in [0.3, 0.4) is 0 Å². The molecular formula is C19H29N3O4. The first kappa shape index (κ1) is 19.0. The molecule has 2 fully saturated rings. The van der Waals surface area contributed by atoms with Gasteiger partial charge in [-0.3, -0.25) is 24.2 Å². The number of amides is 3. The van der Waals surface area contributed by atoms with Crippen LogP contribution >= 0.6 is 0 Å². The summed E-state index contributed by atoms with van der Waals surface area (Å²) < 4.78 is 5.72. The summed E-state index contributed by atoms with van der Waals surface area (Å²) in [7, 11) is 0. The van der Waals surface area contributed by atoms with Gasteiger partial charge in [0.2, 0.25) is 17.7 Å². The van der Waals surface area contributed by atoms with Crippen molar-refractivity contribution < 1.29 is 19.1 Å². The van der Waals surface area contributed by atoms with Crippen LogP contribution in [0.5, 0.6) is 0 Å². The molecular weight excluding hydrogens is 334 g/mol. The van der Waals surface area contributed by atoms with E-state index in [1.165, 1.54) is 0 Å². The lowest BCUT2D eigenvalue weighted by molar-refractivity contribution is -0.143. The molecule has 0 saturated carbocycles. The van der Waals surface area contributed by atoms with Gasteiger partial charge in [0.1, 0.15) is 6.54 Å². The Kier molecular flexibility index (Phi) is 6.09. The molecule has 144 valence electrons. The van der Waals surface area contributed by atoms with Gasteiger partial charge in [-0.15, -0.1) is 0 Å². The number of allylic oxidation sites excluding steroid dienone is 2. The van der Waals surface area contributed by atoms with Crippen LogP contribution in [0.4, 0.5) is 0 Å². The van der Waals surface area contributed by atoms with Gasteiger partial charge in [-0.2, -0.15) is 0 Å². The summed E-state index contributed by atoms with van der Waals surface area (Å²) in [5, 5.41) is 2.82. The standard InChI is InChI=1S/C19H29N3O4/c1-13(2)10-21-7-8-26-14(11-21)9-20-17(23)12-22-18(24)15-5-3-4-6-16(15)19(22)25/h3-4,13-16H,5-12H2,1-2H3,(H,20,23). The minimum absolute atomic E-state index is 0.0526. The predicted molar refractivity (Wildman–Crippen MR) is 96.1 cm³/mol. The molecule has 0 aromatic heterocycles. The van der Waals surface area contributed by atoms with Crippen LogP contribution in [-0.2, 0) is 19.1 Å². The number of fused-ring (bicyclic) bond motifs is 1. The van der Waals surface area contributed by atoms with E-state index in [0.717, 1.165) is 24.5 Å². The lowest BCUT2D eigenvalue weighted by Crippen LogP contribution is -2.49. The van der Waals surface area contributed by atoms with Crippen molar-refractivity contribution >= 4 is 17.7 Å². The molecule has 1 N–H and O–H groups in total. The van der Waals surface area contributed by atoms with Crippen LogP contribution in [0.1, 0.15) is 26.7 Å². The molecule has 0 bridgehead atoms. The van der Waals surface area contributed by atoms with Gasteiger partial charge in [0.25, 0.3) is 0 Å². The van der Waals surface area contributed by atoms with E-state index in [1.54, 1.807) is 0 Å². The zero-order chi connectivity index (χ0) is 18.7. The third-order valence-corrected chi connectivity index (χ3v) is 5.27. The summed E-state index contributed by atoms with van der Waals surface area (Å²) in [5.74, 6) is -0.706. The van der Waals surface area contributed by atoms with E-state index in [2.05, 4.69) is 24.1 Å². The first-order valence-corrected chi connectivity index (χ1v) is 9.56. The summed E-state index contributed by atoms with van der Waals surface area (Å²) in [4.78, 5) is 40.5. The smallest absolute Gasteiger partial charge is 0.240 e. The number of nitrogens with zero attached hydrogens (tertiary/aromatic N) is 2. The minimum Gasteiger partial charge on any atom is -0.374 e. The molecule has 3 aliphatic rings. The summed E-state index contributed by atoms with van der Waals surface area (Å²) in [6, 6.07) is 0. The molecule has 3 amide bonds. The van der Waals surface area contributed by atoms with Crippen molar-refractivity contribution in [3.05, 3.63) is 12.2 Å². The van der Waals surface area contributed by atoms with Crippen molar-refractivity contribution in [2.24, 2.45) is 17.8 Å². The number of likely N-dealkylation sites (tertiary alicyclic amines) is 1. The molecule has 0 radical (unpaired) electrons. The fraction of sp³-hybridized carbons (Fsp3) is 0.737. The molecule has 3 atom stereocenters. The van der Waals surface area contributed by atoms with Crippen LogP contribution < -0.4 is 5.32 Å². The molecule has 3 unspecified atom stereocenters. The summed E-state index contributed by atoms with van der Waals surface area (Å²) in [6.45, 7) is 7.96. The van der Waals surface area contributed by atoms with E-state index in [9.17, 15) is 14.4 Å². The molecule has 0 aromatic rings. The second-order valence-electron chi connectivity index (χ2n) is 7.87. The second kappa shape index (κ2) is 8.31. The van der Waals surface area contributed by atoms with Crippen LogP contribution in [0.2, 0.25) is 0 Å². The van der Waals surface area contributed by atoms with Crippen molar-refractivity contribution in [3.8, 4) is 0 Å². The molecule has 2 aliphatic heterocycles. The largest absolute Gasteiger partial charge is 0.374 e. The van der Waals surface area contributed by atoms with E-state index in [4.69, 9.17) is 4.74 Å². The highest BCUT2D eigenvalue weighted by Crippen LogP contribution is 2.34. The minimum atomic E-state index is -0.303. The van der Waals surface area contributed by atoms with E-state index in [0.29, 0.717) is 31.9 Å². The van der Waals surface area contributed by atoms with Gasteiger partial charge < -0.3 is 10.1 Å². The maximum atomic E-state index is 12.4. The summed E-state index contributed by atoms with van der Waals surface area (Å²) in [5.41, 5.74) is 0. The monoisotopic (exact) mass is 363 g/mol. The van der Waals surface area contributed by atoms with Crippen molar-refractivity contribution in [2.75, 3.05) is 39.3 Å². The number of morpholine rings is 1. The van der Waals surface area contributed by atoms with Gasteiger partial charge in [0.15, 0.2) is 0 Å². The van der Waals surface area contributed by atoms with Crippen molar-refractivity contribution in [1.29, 1.82) is 0 Å². The fourth-order valence-corrected chi connectivity index (χ4v) is 4.04. The predicted octanol–water partition coefficient (Wildman–Crippen LogP) is 0.411. The first-order valence-electron chi connectivity index (χ1n) is 9.56. The van der Waals surface area contributed by atoms with E-state index >= 15 is 0 Å². The number of rotatable bonds is 6. The molecule has 2 heterocycles. The van der Waals surface area contributed by atoms with Crippen molar-refractivity contribution in [1.82, 2.24) is 15.1 Å². The fourth-order valence-electron chi connectivity index (χ4n) is 4.04. The number of hydrogen-bond donors (Lipinski definition) is 1. The Bertz CT molecular complexity index is 563. The topological polar surface area (TPSA) is 79.0 Å². The van der Waals surface area contributed by atoms with Crippen LogP contribution in [-0.4, -0.2) is 73.0 Å². The first-order chi connectivity index (χ1) is 12.5. The van der Waals surface area contributed by atoms with Gasteiger partial charge in [0, 0.05) is 26.2 Å². The Morgan fingerprint density at radius 2 is 1.88 bits per heavy atom. The maximum Gasteiger partial charge on any atom is 0.240 e. The van der Waals surface area contributed by atoms with E-state index in [1.807, 2.05) is 12.2 Å². The second-order valence-corrected chi connectivity index (χ2v) is 7.87. The Hall–Kier alpha value is -1.73. The van der Waals surface area contributed by atoms with Crippen LogP contribution in [0.15, 0.2) is 12.2 Å². The lowest BCUT2D eigenvalue weighted by Gasteiger charge is -2.34. The Morgan fingerprint density at radius 3 is 2.50 bits per heavy atom. The average Bonchev–Trinajstić information content (AvgIpc) is 2.85. The van der Waals surface area contributed by atoms with E-state index in [-0.39, 0.29) is 42.2 Å². The number of ether oxygens (including phenoxy) is 1. The molecule has 3 rings (SSSR count). The number of nitrogens with one attached hydrogen (secondary N) is 1. The third kappa shape index (κ3) is 4.32. The van der Waals surface area contributed by atoms with Crippen molar-refractivity contribution in [2.45, 2.75) is 32.8 Å². The number of carbonyl (C=O) groups excluding carboxylic acids is 3. The molecule has 26 heavy (non-hydrogen) atoms. The lowest BCUT2D eigenvalue weighted by atomic mass is 9.85. The van der Waals surface area contributed by atoms with Crippen LogP contribution in [0.25, 0.3) is 0 Å². The molecule has 0 aromatic carbocycles. The highest BCUT2D eigenvalue weighted by molar-refractivity contribution is 6.07. The number of hydrogen-bond acceptors (Lipinski definition) is 5. The third-order valence-electron chi connectivity index (χ3n) is 5.27. The highest BCUT2D eigenvalue weighted by atomic mass is 16.5. The van der Waals surface area contributed by atoms with Gasteiger partial charge in [-0.1, -0.05) is 26.0 Å². The number of imide groups is 1. The Labute approximate surface area is 154 Å². The quantitative estimate of drug-likeness (QED) is 0.546. The highest BCUT2D eigenvalue weighted by Gasteiger charge is 2.47. The molecule has 1 aliphatic carbocycles. The molecule has 7 heteroatoms. The zero-order valence-electron chi connectivity index (χ0n) is 15.6. The van der Waals surface area contributed by atoms with E-state index < -0.39 is 0 Å². The number of carbonyl (C=O) groups is 3. The van der Waals surface area contributed by atoms with Crippen LogP contribution in [0, 0.1) is 17.8 Å². The molecule has 0 spiro atoms. The van der Waals surface area contributed by atoms with Crippen molar-refractivity contribution in [3.63, 3.8) is 0 Å². The maximum absolute atomic E-state index is 12.4. The summed E-state index contributed by atoms with van der Waals surface area (Å²) in [6.07, 6.45) is 5.02. The summed E-state index contributed by atoms with van der Waals surface area (Å²) >= 11 is 0. The Morgan fingerprint density at radius 1 is 1.23 bits per heavy atom. The molecule has 2 saturated heterocycles. The van der Waals surface area contributed by atoms with Gasteiger partial charge in [-0.05, 0) is 18.8 Å². The normalized spacial score (nSPS) is 29.3. The van der Waals surface area contributed by atoms with Gasteiger partial charge in [0.05, 0.1) is 24.5 Å². The SMILES string of the molecule is CC(C)CN1CCOC(CNC(=O)CN2C(=O)C3CC=CCC3C2=O)C1. The average molecular weight is 363 g/mol. The van der Waals surface area contributed by atoms with Gasteiger partial charge in [-0.25, -0.2) is 0 Å². The van der Waals surface area contributed by atoms with Gasteiger partial charge >= 0.3 is 0 Å². The zero-order valence-corrected chi connectivity index (χ0v) is 15.6.